The summed E-state index contributed by atoms with van der Waals surface area (Å²) in [4.78, 5) is 17.4. The standard InChI is InChI=1S/C18H9Br2F3N4OS/c19-9-6-12(29-8-9)11-7-13(18(21,22)23)27-16(25-11)14(20)15(26-27)17(28)24-10-4-2-1-3-5-10/h1-8H,(H,24,28). The van der Waals surface area contributed by atoms with Crippen LogP contribution in [0.15, 0.2) is 56.8 Å². The summed E-state index contributed by atoms with van der Waals surface area (Å²) in [5.41, 5.74) is -0.693. The first kappa shape index (κ1) is 20.0. The molecule has 148 valence electrons. The third kappa shape index (κ3) is 3.94. The number of rotatable bonds is 3. The van der Waals surface area contributed by atoms with Gasteiger partial charge in [0.25, 0.3) is 5.91 Å². The molecule has 0 spiro atoms. The number of aromatic nitrogens is 3. The number of nitrogens with one attached hydrogen (secondary N) is 1. The molecule has 1 amide bonds. The van der Waals surface area contributed by atoms with Gasteiger partial charge in [-0.3, -0.25) is 4.79 Å². The fourth-order valence-corrected chi connectivity index (χ4v) is 4.53. The van der Waals surface area contributed by atoms with Crippen LogP contribution >= 0.6 is 43.2 Å². The molecule has 0 aliphatic heterocycles. The topological polar surface area (TPSA) is 59.3 Å². The summed E-state index contributed by atoms with van der Waals surface area (Å²) in [7, 11) is 0. The molecule has 3 heterocycles. The van der Waals surface area contributed by atoms with Crippen LogP contribution in [0.3, 0.4) is 0 Å². The maximum atomic E-state index is 13.7. The Kier molecular flexibility index (Phi) is 5.21. The van der Waals surface area contributed by atoms with Crippen molar-refractivity contribution in [3.8, 4) is 10.6 Å². The fourth-order valence-electron chi connectivity index (χ4n) is 2.62. The molecule has 1 N–H and O–H groups in total. The summed E-state index contributed by atoms with van der Waals surface area (Å²) < 4.78 is 42.5. The van der Waals surface area contributed by atoms with Crippen molar-refractivity contribution >= 4 is 60.4 Å². The Hall–Kier alpha value is -2.24. The van der Waals surface area contributed by atoms with E-state index in [1.54, 1.807) is 41.8 Å². The van der Waals surface area contributed by atoms with Gasteiger partial charge in [-0.2, -0.15) is 18.3 Å². The average molecular weight is 546 g/mol. The highest BCUT2D eigenvalue weighted by Gasteiger charge is 2.36. The Morgan fingerprint density at radius 3 is 2.48 bits per heavy atom. The lowest BCUT2D eigenvalue weighted by Crippen LogP contribution is -2.15. The van der Waals surface area contributed by atoms with Crippen LogP contribution < -0.4 is 5.32 Å². The van der Waals surface area contributed by atoms with Crippen molar-refractivity contribution in [2.75, 3.05) is 5.32 Å². The number of carbonyl (C=O) groups excluding carboxylic acids is 1. The summed E-state index contributed by atoms with van der Waals surface area (Å²) >= 11 is 7.74. The van der Waals surface area contributed by atoms with Crippen LogP contribution in [0.5, 0.6) is 0 Å². The van der Waals surface area contributed by atoms with Crippen LogP contribution in [-0.4, -0.2) is 20.5 Å². The van der Waals surface area contributed by atoms with Gasteiger partial charge in [-0.25, -0.2) is 9.50 Å². The van der Waals surface area contributed by atoms with Gasteiger partial charge in [-0.05, 0) is 56.1 Å². The number of thiophene rings is 1. The van der Waals surface area contributed by atoms with Crippen molar-refractivity contribution in [3.05, 3.63) is 68.2 Å². The number of anilines is 1. The van der Waals surface area contributed by atoms with Crippen LogP contribution in [0, 0.1) is 0 Å². The van der Waals surface area contributed by atoms with Crippen molar-refractivity contribution in [3.63, 3.8) is 0 Å². The highest BCUT2D eigenvalue weighted by atomic mass is 79.9. The van der Waals surface area contributed by atoms with E-state index in [1.807, 2.05) is 0 Å². The van der Waals surface area contributed by atoms with Crippen LogP contribution in [0.1, 0.15) is 16.2 Å². The molecule has 4 aromatic rings. The van der Waals surface area contributed by atoms with Crippen molar-refractivity contribution in [1.82, 2.24) is 14.6 Å². The Balaban J connectivity index is 1.86. The number of fused-ring (bicyclic) bond motifs is 1. The van der Waals surface area contributed by atoms with E-state index in [0.29, 0.717) is 15.1 Å². The van der Waals surface area contributed by atoms with Crippen LogP contribution in [0.25, 0.3) is 16.2 Å². The zero-order valence-electron chi connectivity index (χ0n) is 14.2. The molecular formula is C18H9Br2F3N4OS. The van der Waals surface area contributed by atoms with Crippen molar-refractivity contribution < 1.29 is 18.0 Å². The molecular weight excluding hydrogens is 537 g/mol. The Morgan fingerprint density at radius 1 is 1.14 bits per heavy atom. The number of alkyl halides is 3. The van der Waals surface area contributed by atoms with E-state index < -0.39 is 17.8 Å². The van der Waals surface area contributed by atoms with Gasteiger partial charge in [0.15, 0.2) is 17.0 Å². The van der Waals surface area contributed by atoms with Crippen molar-refractivity contribution in [1.29, 1.82) is 0 Å². The van der Waals surface area contributed by atoms with Crippen LogP contribution in [0.4, 0.5) is 18.9 Å². The summed E-state index contributed by atoms with van der Waals surface area (Å²) in [6.07, 6.45) is -4.69. The second-order valence-electron chi connectivity index (χ2n) is 5.87. The van der Waals surface area contributed by atoms with E-state index in [2.05, 4.69) is 47.3 Å². The molecule has 29 heavy (non-hydrogen) atoms. The van der Waals surface area contributed by atoms with Gasteiger partial charge in [0.05, 0.1) is 15.0 Å². The predicted octanol–water partition coefficient (Wildman–Crippen LogP) is 6.25. The van der Waals surface area contributed by atoms with Gasteiger partial charge in [-0.15, -0.1) is 11.3 Å². The van der Waals surface area contributed by atoms with Gasteiger partial charge >= 0.3 is 6.18 Å². The van der Waals surface area contributed by atoms with Crippen molar-refractivity contribution in [2.24, 2.45) is 0 Å². The molecule has 1 aromatic carbocycles. The summed E-state index contributed by atoms with van der Waals surface area (Å²) in [5.74, 6) is -0.651. The maximum absolute atomic E-state index is 13.7. The van der Waals surface area contributed by atoms with Gasteiger partial charge in [0, 0.05) is 15.5 Å². The SMILES string of the molecule is O=C(Nc1ccccc1)c1nn2c(C(F)(F)F)cc(-c3cc(Br)cs3)nc2c1Br. The predicted molar refractivity (Wildman–Crippen MR) is 111 cm³/mol. The fraction of sp³-hybridized carbons (Fsp3) is 0.0556. The average Bonchev–Trinajstić information content (AvgIpc) is 3.25. The first-order valence-electron chi connectivity index (χ1n) is 8.01. The minimum atomic E-state index is -4.69. The molecule has 0 radical (unpaired) electrons. The molecule has 0 aliphatic rings. The molecule has 0 bridgehead atoms. The Labute approximate surface area is 182 Å². The highest BCUT2D eigenvalue weighted by Crippen LogP contribution is 2.36. The Bertz CT molecular complexity index is 1220. The number of hydrogen-bond acceptors (Lipinski definition) is 4. The Morgan fingerprint density at radius 2 is 1.86 bits per heavy atom. The second kappa shape index (κ2) is 7.54. The van der Waals surface area contributed by atoms with Gasteiger partial charge in [0.1, 0.15) is 0 Å². The minimum absolute atomic E-state index is 0.0777. The summed E-state index contributed by atoms with van der Waals surface area (Å²) in [5, 5.41) is 8.24. The normalized spacial score (nSPS) is 11.8. The third-order valence-corrected chi connectivity index (χ3v) is 6.33. The second-order valence-corrected chi connectivity index (χ2v) is 8.49. The summed E-state index contributed by atoms with van der Waals surface area (Å²) in [6.45, 7) is 0. The smallest absolute Gasteiger partial charge is 0.321 e. The van der Waals surface area contributed by atoms with E-state index in [1.165, 1.54) is 11.3 Å². The van der Waals surface area contributed by atoms with Gasteiger partial charge in [-0.1, -0.05) is 18.2 Å². The number of para-hydroxylation sites is 1. The monoisotopic (exact) mass is 544 g/mol. The molecule has 0 aliphatic carbocycles. The molecule has 11 heteroatoms. The van der Waals surface area contributed by atoms with Crippen LogP contribution in [0.2, 0.25) is 0 Å². The molecule has 4 rings (SSSR count). The van der Waals surface area contributed by atoms with Gasteiger partial charge < -0.3 is 5.32 Å². The number of benzene rings is 1. The van der Waals surface area contributed by atoms with Crippen molar-refractivity contribution in [2.45, 2.75) is 6.18 Å². The van der Waals surface area contributed by atoms with E-state index in [4.69, 9.17) is 0 Å². The third-order valence-electron chi connectivity index (χ3n) is 3.89. The first-order chi connectivity index (χ1) is 13.7. The number of halogens is 5. The lowest BCUT2D eigenvalue weighted by atomic mass is 10.2. The van der Waals surface area contributed by atoms with E-state index >= 15 is 0 Å². The van der Waals surface area contributed by atoms with Crippen LogP contribution in [-0.2, 0) is 6.18 Å². The lowest BCUT2D eigenvalue weighted by Gasteiger charge is -2.10. The number of amides is 1. The number of nitrogens with zero attached hydrogens (tertiary/aromatic N) is 3. The number of hydrogen-bond donors (Lipinski definition) is 1. The molecule has 5 nitrogen and oxygen atoms in total. The zero-order valence-corrected chi connectivity index (χ0v) is 18.2. The zero-order chi connectivity index (χ0) is 20.8. The van der Waals surface area contributed by atoms with E-state index in [9.17, 15) is 18.0 Å². The minimum Gasteiger partial charge on any atom is -0.321 e. The molecule has 0 saturated carbocycles. The molecule has 0 unspecified atom stereocenters. The molecule has 0 saturated heterocycles. The largest absolute Gasteiger partial charge is 0.433 e. The van der Waals surface area contributed by atoms with E-state index in [-0.39, 0.29) is 21.5 Å². The first-order valence-corrected chi connectivity index (χ1v) is 10.5. The lowest BCUT2D eigenvalue weighted by molar-refractivity contribution is -0.142. The quantitative estimate of drug-likeness (QED) is 0.331. The maximum Gasteiger partial charge on any atom is 0.433 e. The highest BCUT2D eigenvalue weighted by molar-refractivity contribution is 9.11. The molecule has 0 fully saturated rings. The summed E-state index contributed by atoms with van der Waals surface area (Å²) in [6, 6.07) is 11.1. The molecule has 3 aromatic heterocycles. The number of carbonyl (C=O) groups is 1. The molecule has 0 atom stereocenters. The van der Waals surface area contributed by atoms with E-state index in [0.717, 1.165) is 10.5 Å². The van der Waals surface area contributed by atoms with Gasteiger partial charge in [0.2, 0.25) is 0 Å².